The van der Waals surface area contributed by atoms with Crippen LogP contribution in [-0.2, 0) is 14.4 Å². The molecule has 0 aliphatic rings. The van der Waals surface area contributed by atoms with Gasteiger partial charge in [0, 0.05) is 6.92 Å². The monoisotopic (exact) mass is 145 g/mol. The van der Waals surface area contributed by atoms with Crippen molar-refractivity contribution in [3.05, 3.63) is 12.0 Å². The van der Waals surface area contributed by atoms with Crippen LogP contribution in [0.5, 0.6) is 0 Å². The Balaban J connectivity index is 3.59. The minimum atomic E-state index is -0.341. The van der Waals surface area contributed by atoms with E-state index in [2.05, 4.69) is 15.1 Å². The summed E-state index contributed by atoms with van der Waals surface area (Å²) in [7, 11) is 1.47. The molecule has 0 saturated carbocycles. The molecule has 0 spiro atoms. The zero-order valence-corrected chi connectivity index (χ0v) is 6.30. The number of rotatable bonds is 3. The van der Waals surface area contributed by atoms with Gasteiger partial charge in [0.25, 0.3) is 0 Å². The summed E-state index contributed by atoms with van der Waals surface area (Å²) in [5, 5.41) is 0. The standard InChI is InChI=1S/C6H11NO3/c1-5(4-7-9-3)10-6(2)8/h4,7H,1-3H3. The van der Waals surface area contributed by atoms with Crippen molar-refractivity contribution in [3.8, 4) is 0 Å². The molecule has 0 fully saturated rings. The van der Waals surface area contributed by atoms with Gasteiger partial charge in [0.15, 0.2) is 0 Å². The zero-order chi connectivity index (χ0) is 7.98. The molecular weight excluding hydrogens is 134 g/mol. The molecule has 0 aliphatic heterocycles. The van der Waals surface area contributed by atoms with Gasteiger partial charge in [-0.25, -0.2) is 0 Å². The Kier molecular flexibility index (Phi) is 4.32. The Bertz CT molecular complexity index is 142. The van der Waals surface area contributed by atoms with Crippen molar-refractivity contribution in [2.24, 2.45) is 0 Å². The van der Waals surface area contributed by atoms with Crippen LogP contribution in [0.4, 0.5) is 0 Å². The molecule has 4 nitrogen and oxygen atoms in total. The van der Waals surface area contributed by atoms with E-state index >= 15 is 0 Å². The third kappa shape index (κ3) is 5.11. The summed E-state index contributed by atoms with van der Waals surface area (Å²) in [5.74, 6) is 0.126. The zero-order valence-electron chi connectivity index (χ0n) is 6.30. The number of nitrogens with one attached hydrogen (secondary N) is 1. The highest BCUT2D eigenvalue weighted by molar-refractivity contribution is 5.67. The van der Waals surface area contributed by atoms with Gasteiger partial charge in [0.05, 0.1) is 13.3 Å². The van der Waals surface area contributed by atoms with Crippen LogP contribution < -0.4 is 5.48 Å². The molecule has 0 heterocycles. The van der Waals surface area contributed by atoms with Crippen LogP contribution in [0, 0.1) is 0 Å². The molecule has 0 rings (SSSR count). The van der Waals surface area contributed by atoms with Gasteiger partial charge in [-0.05, 0) is 6.92 Å². The Morgan fingerprint density at radius 1 is 1.50 bits per heavy atom. The van der Waals surface area contributed by atoms with E-state index < -0.39 is 0 Å². The summed E-state index contributed by atoms with van der Waals surface area (Å²) >= 11 is 0. The number of allylic oxidation sites excluding steroid dienone is 1. The summed E-state index contributed by atoms with van der Waals surface area (Å²) in [5.41, 5.74) is 2.41. The second-order valence-electron chi connectivity index (χ2n) is 1.67. The minimum absolute atomic E-state index is 0.341. The van der Waals surface area contributed by atoms with E-state index in [1.165, 1.54) is 20.2 Å². The largest absolute Gasteiger partial charge is 0.430 e. The van der Waals surface area contributed by atoms with Crippen LogP contribution in [0.15, 0.2) is 12.0 Å². The predicted molar refractivity (Wildman–Crippen MR) is 35.7 cm³/mol. The normalized spacial score (nSPS) is 10.9. The highest BCUT2D eigenvalue weighted by atomic mass is 16.6. The van der Waals surface area contributed by atoms with E-state index in [9.17, 15) is 4.79 Å². The van der Waals surface area contributed by atoms with Crippen LogP contribution in [0.2, 0.25) is 0 Å². The Morgan fingerprint density at radius 3 is 2.50 bits per heavy atom. The van der Waals surface area contributed by atoms with E-state index in [-0.39, 0.29) is 5.97 Å². The van der Waals surface area contributed by atoms with Gasteiger partial charge in [-0.2, -0.15) is 0 Å². The van der Waals surface area contributed by atoms with Crippen LogP contribution in [0.25, 0.3) is 0 Å². The maximum Gasteiger partial charge on any atom is 0.307 e. The van der Waals surface area contributed by atoms with Crippen LogP contribution in [-0.4, -0.2) is 13.1 Å². The first kappa shape index (κ1) is 8.97. The fraction of sp³-hybridized carbons (Fsp3) is 0.500. The number of hydrogen-bond acceptors (Lipinski definition) is 4. The molecule has 0 aromatic heterocycles. The Morgan fingerprint density at radius 2 is 2.10 bits per heavy atom. The molecule has 4 heteroatoms. The topological polar surface area (TPSA) is 47.6 Å². The average Bonchev–Trinajstić information content (AvgIpc) is 1.82. The lowest BCUT2D eigenvalue weighted by Gasteiger charge is -2.00. The van der Waals surface area contributed by atoms with Crippen molar-refractivity contribution >= 4 is 5.97 Å². The van der Waals surface area contributed by atoms with Gasteiger partial charge < -0.3 is 4.74 Å². The molecule has 0 aromatic rings. The Hall–Kier alpha value is -1.03. The number of hydroxylamine groups is 1. The quantitative estimate of drug-likeness (QED) is 0.358. The molecular formula is C6H11NO3. The first-order valence-corrected chi connectivity index (χ1v) is 2.80. The van der Waals surface area contributed by atoms with Gasteiger partial charge in [0.1, 0.15) is 5.76 Å². The van der Waals surface area contributed by atoms with E-state index in [1.807, 2.05) is 0 Å². The molecule has 0 atom stereocenters. The summed E-state index contributed by atoms with van der Waals surface area (Å²) < 4.78 is 4.63. The first-order chi connectivity index (χ1) is 4.66. The number of hydrogen-bond donors (Lipinski definition) is 1. The highest BCUT2D eigenvalue weighted by Gasteiger charge is 1.92. The lowest BCUT2D eigenvalue weighted by Crippen LogP contribution is -2.05. The van der Waals surface area contributed by atoms with Crippen LogP contribution in [0.1, 0.15) is 13.8 Å². The molecule has 0 radical (unpaired) electrons. The molecule has 58 valence electrons. The fourth-order valence-electron chi connectivity index (χ4n) is 0.398. The molecule has 0 unspecified atom stereocenters. The molecule has 0 bridgehead atoms. The van der Waals surface area contributed by atoms with Crippen LogP contribution >= 0.6 is 0 Å². The Labute approximate surface area is 59.8 Å². The van der Waals surface area contributed by atoms with Gasteiger partial charge in [0.2, 0.25) is 0 Å². The van der Waals surface area contributed by atoms with Crippen molar-refractivity contribution in [1.82, 2.24) is 5.48 Å². The van der Waals surface area contributed by atoms with E-state index in [0.717, 1.165) is 0 Å². The molecule has 0 aliphatic carbocycles. The lowest BCUT2D eigenvalue weighted by atomic mass is 10.6. The number of esters is 1. The first-order valence-electron chi connectivity index (χ1n) is 2.80. The highest BCUT2D eigenvalue weighted by Crippen LogP contribution is 1.92. The maximum absolute atomic E-state index is 10.3. The second-order valence-corrected chi connectivity index (χ2v) is 1.67. The summed E-state index contributed by atoms with van der Waals surface area (Å²) in [6.45, 7) is 2.98. The third-order valence-corrected chi connectivity index (χ3v) is 0.685. The summed E-state index contributed by atoms with van der Waals surface area (Å²) in [6.07, 6.45) is 1.45. The molecule has 1 N–H and O–H groups in total. The maximum atomic E-state index is 10.3. The van der Waals surface area contributed by atoms with Crippen LogP contribution in [0.3, 0.4) is 0 Å². The average molecular weight is 145 g/mol. The smallest absolute Gasteiger partial charge is 0.307 e. The molecule has 0 saturated heterocycles. The van der Waals surface area contributed by atoms with Crippen molar-refractivity contribution in [2.75, 3.05) is 7.11 Å². The third-order valence-electron chi connectivity index (χ3n) is 0.685. The van der Waals surface area contributed by atoms with Crippen molar-refractivity contribution < 1.29 is 14.4 Å². The van der Waals surface area contributed by atoms with Crippen molar-refractivity contribution in [3.63, 3.8) is 0 Å². The van der Waals surface area contributed by atoms with Gasteiger partial charge in [-0.3, -0.25) is 15.1 Å². The lowest BCUT2D eigenvalue weighted by molar-refractivity contribution is -0.136. The van der Waals surface area contributed by atoms with E-state index in [4.69, 9.17) is 0 Å². The van der Waals surface area contributed by atoms with E-state index in [1.54, 1.807) is 6.92 Å². The summed E-state index contributed by atoms with van der Waals surface area (Å²) in [4.78, 5) is 14.8. The fourth-order valence-corrected chi connectivity index (χ4v) is 0.398. The molecule has 0 aromatic carbocycles. The number of ether oxygens (including phenoxy) is 1. The second kappa shape index (κ2) is 4.81. The number of carbonyl (C=O) groups is 1. The van der Waals surface area contributed by atoms with Gasteiger partial charge in [-0.1, -0.05) is 0 Å². The minimum Gasteiger partial charge on any atom is -0.430 e. The van der Waals surface area contributed by atoms with E-state index in [0.29, 0.717) is 5.76 Å². The predicted octanol–water partition coefficient (Wildman–Crippen LogP) is 0.562. The van der Waals surface area contributed by atoms with Crippen molar-refractivity contribution in [1.29, 1.82) is 0 Å². The van der Waals surface area contributed by atoms with Crippen molar-refractivity contribution in [2.45, 2.75) is 13.8 Å². The summed E-state index contributed by atoms with van der Waals surface area (Å²) in [6, 6.07) is 0. The van der Waals surface area contributed by atoms with Gasteiger partial charge >= 0.3 is 5.97 Å². The molecule has 10 heavy (non-hydrogen) atoms. The SMILES string of the molecule is CONC=C(C)OC(C)=O. The van der Waals surface area contributed by atoms with Gasteiger partial charge in [-0.15, -0.1) is 0 Å². The number of carbonyl (C=O) groups excluding carboxylic acids is 1. The molecule has 0 amide bonds.